The van der Waals surface area contributed by atoms with Crippen molar-refractivity contribution in [1.29, 1.82) is 0 Å². The van der Waals surface area contributed by atoms with Gasteiger partial charge in [-0.25, -0.2) is 0 Å². The number of rotatable bonds is 2. The smallest absolute Gasteiger partial charge is 0.0624 e. The molecule has 0 radical (unpaired) electrons. The Kier molecular flexibility index (Phi) is 2.58. The molecule has 0 fully saturated rings. The summed E-state index contributed by atoms with van der Waals surface area (Å²) >= 11 is 0. The first kappa shape index (κ1) is 11.3. The van der Waals surface area contributed by atoms with Crippen molar-refractivity contribution in [1.82, 2.24) is 4.57 Å². The maximum atomic E-state index is 9.14. The third kappa shape index (κ3) is 1.52. The zero-order valence-corrected chi connectivity index (χ0v) is 10.3. The van der Waals surface area contributed by atoms with Gasteiger partial charge in [-0.05, 0) is 17.7 Å². The van der Waals surface area contributed by atoms with E-state index >= 15 is 0 Å². The van der Waals surface area contributed by atoms with Crippen LogP contribution in [0, 0.1) is 0 Å². The Labute approximate surface area is 105 Å². The number of fused-ring (bicyclic) bond motifs is 3. The highest BCUT2D eigenvalue weighted by molar-refractivity contribution is 6.08. The van der Waals surface area contributed by atoms with Gasteiger partial charge in [0.1, 0.15) is 0 Å². The number of para-hydroxylation sites is 1. The molecule has 0 amide bonds. The minimum absolute atomic E-state index is 0.0323. The Balaban J connectivity index is 2.35. The van der Waals surface area contributed by atoms with Crippen molar-refractivity contribution < 1.29 is 5.11 Å². The molecule has 0 aliphatic heterocycles. The highest BCUT2D eigenvalue weighted by Gasteiger charge is 2.10. The number of nitrogens with two attached hydrogens (primary N) is 1. The zero-order valence-electron chi connectivity index (χ0n) is 10.3. The second-order valence-electron chi connectivity index (χ2n) is 4.64. The molecule has 0 saturated heterocycles. The zero-order chi connectivity index (χ0) is 12.7. The van der Waals surface area contributed by atoms with Crippen LogP contribution in [0.3, 0.4) is 0 Å². The van der Waals surface area contributed by atoms with Crippen molar-refractivity contribution in [2.24, 2.45) is 12.8 Å². The molecule has 0 spiro atoms. The maximum Gasteiger partial charge on any atom is 0.0624 e. The van der Waals surface area contributed by atoms with Crippen LogP contribution in [0.2, 0.25) is 0 Å². The van der Waals surface area contributed by atoms with E-state index in [2.05, 4.69) is 41.9 Å². The predicted octanol–water partition coefficient (Wildman–Crippen LogP) is 2.32. The molecule has 1 aromatic heterocycles. The molecule has 3 heteroatoms. The lowest BCUT2D eigenvalue weighted by Crippen LogP contribution is -2.14. The predicted molar refractivity (Wildman–Crippen MR) is 74.4 cm³/mol. The summed E-state index contributed by atoms with van der Waals surface area (Å²) < 4.78 is 2.16. The van der Waals surface area contributed by atoms with E-state index in [0.717, 1.165) is 11.1 Å². The number of hydrogen-bond donors (Lipinski definition) is 2. The van der Waals surface area contributed by atoms with Crippen LogP contribution in [0.1, 0.15) is 11.6 Å². The van der Waals surface area contributed by atoms with E-state index in [1.165, 1.54) is 16.3 Å². The van der Waals surface area contributed by atoms with E-state index in [9.17, 15) is 0 Å². The molecule has 1 heterocycles. The van der Waals surface area contributed by atoms with Crippen LogP contribution < -0.4 is 5.73 Å². The molecule has 3 N–H and O–H groups in total. The van der Waals surface area contributed by atoms with Gasteiger partial charge in [-0.1, -0.05) is 30.3 Å². The fraction of sp³-hybridized carbons (Fsp3) is 0.200. The first-order chi connectivity index (χ1) is 8.72. The van der Waals surface area contributed by atoms with Crippen molar-refractivity contribution in [2.45, 2.75) is 6.04 Å². The molecule has 3 nitrogen and oxygen atoms in total. The molecule has 0 saturated carbocycles. The number of hydrogen-bond acceptors (Lipinski definition) is 2. The summed E-state index contributed by atoms with van der Waals surface area (Å²) in [7, 11) is 2.05. The van der Waals surface area contributed by atoms with Crippen LogP contribution >= 0.6 is 0 Å². The highest BCUT2D eigenvalue weighted by Crippen LogP contribution is 2.29. The first-order valence-corrected chi connectivity index (χ1v) is 6.06. The van der Waals surface area contributed by atoms with Crippen molar-refractivity contribution in [3.05, 3.63) is 48.0 Å². The first-order valence-electron chi connectivity index (χ1n) is 6.06. The largest absolute Gasteiger partial charge is 0.394 e. The minimum atomic E-state index is -0.313. The van der Waals surface area contributed by atoms with E-state index in [1.807, 2.05) is 12.1 Å². The Morgan fingerprint density at radius 2 is 1.83 bits per heavy atom. The number of aliphatic hydroxyl groups is 1. The molecule has 0 aliphatic carbocycles. The van der Waals surface area contributed by atoms with Crippen LogP contribution in [-0.4, -0.2) is 16.3 Å². The van der Waals surface area contributed by atoms with E-state index in [-0.39, 0.29) is 12.6 Å². The number of aromatic nitrogens is 1. The van der Waals surface area contributed by atoms with Crippen LogP contribution in [0.15, 0.2) is 42.5 Å². The van der Waals surface area contributed by atoms with E-state index in [4.69, 9.17) is 10.8 Å². The van der Waals surface area contributed by atoms with Crippen LogP contribution in [0.25, 0.3) is 21.8 Å². The molecule has 18 heavy (non-hydrogen) atoms. The number of benzene rings is 2. The van der Waals surface area contributed by atoms with Crippen molar-refractivity contribution in [2.75, 3.05) is 6.61 Å². The highest BCUT2D eigenvalue weighted by atomic mass is 16.3. The van der Waals surface area contributed by atoms with Gasteiger partial charge in [-0.15, -0.1) is 0 Å². The third-order valence-electron chi connectivity index (χ3n) is 3.56. The Hall–Kier alpha value is -1.84. The summed E-state index contributed by atoms with van der Waals surface area (Å²) in [5, 5.41) is 11.6. The molecule has 1 atom stereocenters. The SMILES string of the molecule is Cn1c2ccccc2c2ccc([C@@H](N)CO)cc21. The van der Waals surface area contributed by atoms with Crippen LogP contribution in [0.4, 0.5) is 0 Å². The molecule has 0 bridgehead atoms. The molecule has 92 valence electrons. The number of aliphatic hydroxyl groups excluding tert-OH is 1. The van der Waals surface area contributed by atoms with Gasteiger partial charge in [0.05, 0.1) is 12.6 Å². The minimum Gasteiger partial charge on any atom is -0.394 e. The van der Waals surface area contributed by atoms with Gasteiger partial charge in [0.25, 0.3) is 0 Å². The molecular weight excluding hydrogens is 224 g/mol. The maximum absolute atomic E-state index is 9.14. The normalized spacial score (nSPS) is 13.3. The molecule has 0 aliphatic rings. The lowest BCUT2D eigenvalue weighted by atomic mass is 10.1. The van der Waals surface area contributed by atoms with Crippen molar-refractivity contribution >= 4 is 21.8 Å². The molecular formula is C15H16N2O. The van der Waals surface area contributed by atoms with E-state index < -0.39 is 0 Å². The summed E-state index contributed by atoms with van der Waals surface area (Å²) in [4.78, 5) is 0. The lowest BCUT2D eigenvalue weighted by molar-refractivity contribution is 0.268. The monoisotopic (exact) mass is 240 g/mol. The van der Waals surface area contributed by atoms with Crippen LogP contribution in [-0.2, 0) is 7.05 Å². The van der Waals surface area contributed by atoms with Crippen LogP contribution in [0.5, 0.6) is 0 Å². The quantitative estimate of drug-likeness (QED) is 0.722. The topological polar surface area (TPSA) is 51.2 Å². The average molecular weight is 240 g/mol. The average Bonchev–Trinajstić information content (AvgIpc) is 2.72. The Morgan fingerprint density at radius 1 is 1.11 bits per heavy atom. The second-order valence-corrected chi connectivity index (χ2v) is 4.64. The standard InChI is InChI=1S/C15H16N2O/c1-17-14-5-3-2-4-11(14)12-7-6-10(8-15(12)17)13(16)9-18/h2-8,13,18H,9,16H2,1H3/t13-/m0/s1. The van der Waals surface area contributed by atoms with Gasteiger partial charge in [0.15, 0.2) is 0 Å². The van der Waals surface area contributed by atoms with Crippen molar-refractivity contribution in [3.8, 4) is 0 Å². The Morgan fingerprint density at radius 3 is 2.61 bits per heavy atom. The van der Waals surface area contributed by atoms with Crippen molar-refractivity contribution in [3.63, 3.8) is 0 Å². The summed E-state index contributed by atoms with van der Waals surface area (Å²) in [6.45, 7) is -0.0323. The molecule has 3 rings (SSSR count). The summed E-state index contributed by atoms with van der Waals surface area (Å²) in [5.41, 5.74) is 9.20. The van der Waals surface area contributed by atoms with Gasteiger partial charge in [0, 0.05) is 28.9 Å². The van der Waals surface area contributed by atoms with E-state index in [0.29, 0.717) is 0 Å². The molecule has 0 unspecified atom stereocenters. The fourth-order valence-electron chi connectivity index (χ4n) is 2.51. The molecule has 3 aromatic rings. The Bertz CT molecular complexity index is 715. The summed E-state index contributed by atoms with van der Waals surface area (Å²) in [6, 6.07) is 14.2. The fourth-order valence-corrected chi connectivity index (χ4v) is 2.51. The van der Waals surface area contributed by atoms with Gasteiger partial charge in [0.2, 0.25) is 0 Å². The van der Waals surface area contributed by atoms with E-state index in [1.54, 1.807) is 0 Å². The summed E-state index contributed by atoms with van der Waals surface area (Å²) in [6.07, 6.45) is 0. The van der Waals surface area contributed by atoms with Gasteiger partial charge in [-0.2, -0.15) is 0 Å². The number of aryl methyl sites for hydroxylation is 1. The second kappa shape index (κ2) is 4.12. The van der Waals surface area contributed by atoms with Gasteiger partial charge in [-0.3, -0.25) is 0 Å². The third-order valence-corrected chi connectivity index (χ3v) is 3.56. The lowest BCUT2D eigenvalue weighted by Gasteiger charge is -2.08. The molecule has 2 aromatic carbocycles. The summed E-state index contributed by atoms with van der Waals surface area (Å²) in [5.74, 6) is 0. The van der Waals surface area contributed by atoms with Gasteiger partial charge < -0.3 is 15.4 Å². The number of nitrogens with zero attached hydrogens (tertiary/aromatic N) is 1. The van der Waals surface area contributed by atoms with Gasteiger partial charge >= 0.3 is 0 Å².